The zero-order chi connectivity index (χ0) is 19.6. The number of aryl methyl sites for hydroxylation is 2. The summed E-state index contributed by atoms with van der Waals surface area (Å²) in [6, 6.07) is 3.80. The average molecular weight is 376 g/mol. The Kier molecular flexibility index (Phi) is 5.99. The normalized spacial score (nSPS) is 27.2. The van der Waals surface area contributed by atoms with Crippen LogP contribution in [0.2, 0.25) is 0 Å². The average Bonchev–Trinajstić information content (AvgIpc) is 3.04. The molecule has 4 atom stereocenters. The van der Waals surface area contributed by atoms with E-state index in [-0.39, 0.29) is 36.7 Å². The van der Waals surface area contributed by atoms with E-state index in [2.05, 4.69) is 9.72 Å². The van der Waals surface area contributed by atoms with Crippen LogP contribution in [-0.4, -0.2) is 59.3 Å². The van der Waals surface area contributed by atoms with E-state index in [0.29, 0.717) is 37.6 Å². The van der Waals surface area contributed by atoms with Crippen LogP contribution in [-0.2, 0) is 14.3 Å². The highest BCUT2D eigenvalue weighted by Crippen LogP contribution is 2.38. The molecule has 1 N–H and O–H groups in total. The molecule has 0 bridgehead atoms. The molecule has 7 heteroatoms. The van der Waals surface area contributed by atoms with Gasteiger partial charge in [-0.2, -0.15) is 0 Å². The highest BCUT2D eigenvalue weighted by molar-refractivity contribution is 5.81. The first-order valence-electron chi connectivity index (χ1n) is 9.51. The van der Waals surface area contributed by atoms with Gasteiger partial charge in [-0.1, -0.05) is 0 Å². The Bertz CT molecular complexity index is 708. The van der Waals surface area contributed by atoms with Crippen LogP contribution in [0.25, 0.3) is 0 Å². The number of nitrogens with zero attached hydrogens (tertiary/aromatic N) is 2. The molecule has 1 amide bonds. The van der Waals surface area contributed by atoms with Crippen LogP contribution in [0.4, 0.5) is 0 Å². The molecular weight excluding hydrogens is 348 g/mol. The van der Waals surface area contributed by atoms with E-state index in [1.807, 2.05) is 30.9 Å². The molecule has 0 unspecified atom stereocenters. The van der Waals surface area contributed by atoms with E-state index in [1.165, 1.54) is 7.11 Å². The van der Waals surface area contributed by atoms with Crippen molar-refractivity contribution in [2.75, 3.05) is 20.2 Å². The molecule has 148 valence electrons. The van der Waals surface area contributed by atoms with Gasteiger partial charge in [0.1, 0.15) is 11.9 Å². The van der Waals surface area contributed by atoms with Crippen molar-refractivity contribution in [2.45, 2.75) is 51.7 Å². The molecule has 0 aromatic carbocycles. The zero-order valence-corrected chi connectivity index (χ0v) is 16.2. The summed E-state index contributed by atoms with van der Waals surface area (Å²) in [6.45, 7) is 5.13. The number of fused-ring (bicyclic) bond motifs is 1. The molecule has 2 fully saturated rings. The summed E-state index contributed by atoms with van der Waals surface area (Å²) in [5.41, 5.74) is 1.75. The molecule has 1 aliphatic carbocycles. The smallest absolute Gasteiger partial charge is 0.306 e. The van der Waals surface area contributed by atoms with Gasteiger partial charge in [-0.25, -0.2) is 0 Å². The summed E-state index contributed by atoms with van der Waals surface area (Å²) in [6.07, 6.45) is 0.753. The largest absolute Gasteiger partial charge is 0.486 e. The first-order valence-corrected chi connectivity index (χ1v) is 9.51. The topological polar surface area (TPSA) is 89.0 Å². The van der Waals surface area contributed by atoms with Gasteiger partial charge in [0.25, 0.3) is 0 Å². The number of aliphatic hydroxyl groups excluding tert-OH is 1. The minimum atomic E-state index is -0.558. The standard InChI is InChI=1S/C20H28N2O5/c1-12-4-5-17(13(2)21-12)27-18-9-15-11-22(10-14(15)8-16(18)23)19(24)6-7-20(25)26-3/h4-5,14-16,18,23H,6-11H2,1-3H3/t14-,15+,16+,18+/m0/s1. The fourth-order valence-electron chi connectivity index (χ4n) is 4.15. The number of esters is 1. The van der Waals surface area contributed by atoms with Crippen molar-refractivity contribution in [3.8, 4) is 5.75 Å². The fourth-order valence-corrected chi connectivity index (χ4v) is 4.15. The Hall–Kier alpha value is -2.15. The SMILES string of the molecule is COC(=O)CCC(=O)N1C[C@H]2C[C@@H](Oc3ccc(C)nc3C)[C@H](O)C[C@H]2C1. The molecule has 2 aliphatic rings. The second-order valence-corrected chi connectivity index (χ2v) is 7.63. The number of pyridine rings is 1. The maximum Gasteiger partial charge on any atom is 0.306 e. The van der Waals surface area contributed by atoms with Gasteiger partial charge in [0, 0.05) is 25.2 Å². The second-order valence-electron chi connectivity index (χ2n) is 7.63. The van der Waals surface area contributed by atoms with E-state index in [1.54, 1.807) is 0 Å². The quantitative estimate of drug-likeness (QED) is 0.786. The van der Waals surface area contributed by atoms with Crippen molar-refractivity contribution >= 4 is 11.9 Å². The summed E-state index contributed by atoms with van der Waals surface area (Å²) in [4.78, 5) is 29.8. The highest BCUT2D eigenvalue weighted by atomic mass is 16.5. The summed E-state index contributed by atoms with van der Waals surface area (Å²) in [5.74, 6) is 0.886. The van der Waals surface area contributed by atoms with Gasteiger partial charge in [0.15, 0.2) is 0 Å². The molecule has 3 rings (SSSR count). The van der Waals surface area contributed by atoms with E-state index in [4.69, 9.17) is 4.74 Å². The molecule has 1 saturated carbocycles. The van der Waals surface area contributed by atoms with Gasteiger partial charge < -0.3 is 19.5 Å². The molecule has 0 radical (unpaired) electrons. The molecule has 1 aromatic rings. The minimum absolute atomic E-state index is 0.0275. The van der Waals surface area contributed by atoms with Crippen LogP contribution in [0.5, 0.6) is 5.75 Å². The van der Waals surface area contributed by atoms with Crippen molar-refractivity contribution < 1.29 is 24.2 Å². The molecule has 1 aromatic heterocycles. The van der Waals surface area contributed by atoms with Gasteiger partial charge in [-0.15, -0.1) is 0 Å². The highest BCUT2D eigenvalue weighted by Gasteiger charge is 2.43. The van der Waals surface area contributed by atoms with Crippen LogP contribution in [0.15, 0.2) is 12.1 Å². The lowest BCUT2D eigenvalue weighted by Crippen LogP contribution is -2.42. The number of aromatic nitrogens is 1. The van der Waals surface area contributed by atoms with Crippen molar-refractivity contribution in [1.29, 1.82) is 0 Å². The Balaban J connectivity index is 1.58. The fraction of sp³-hybridized carbons (Fsp3) is 0.650. The van der Waals surface area contributed by atoms with Gasteiger partial charge in [0.2, 0.25) is 5.91 Å². The number of aliphatic hydroxyl groups is 1. The Labute approximate surface area is 159 Å². The summed E-state index contributed by atoms with van der Waals surface area (Å²) in [5, 5.41) is 10.5. The summed E-state index contributed by atoms with van der Waals surface area (Å²) < 4.78 is 10.7. The number of hydrogen-bond acceptors (Lipinski definition) is 6. The molecule has 1 aliphatic heterocycles. The van der Waals surface area contributed by atoms with E-state index >= 15 is 0 Å². The Morgan fingerprint density at radius 3 is 2.56 bits per heavy atom. The van der Waals surface area contributed by atoms with Crippen LogP contribution in [0.3, 0.4) is 0 Å². The van der Waals surface area contributed by atoms with Gasteiger partial charge in [0.05, 0.1) is 25.3 Å². The van der Waals surface area contributed by atoms with Gasteiger partial charge >= 0.3 is 5.97 Å². The number of amides is 1. The predicted molar refractivity (Wildman–Crippen MR) is 98.2 cm³/mol. The van der Waals surface area contributed by atoms with E-state index in [9.17, 15) is 14.7 Å². The Morgan fingerprint density at radius 2 is 1.89 bits per heavy atom. The summed E-state index contributed by atoms with van der Waals surface area (Å²) >= 11 is 0. The predicted octanol–water partition coefficient (Wildman–Crippen LogP) is 1.63. The first-order chi connectivity index (χ1) is 12.9. The first kappa shape index (κ1) is 19.6. The number of carbonyl (C=O) groups is 2. The minimum Gasteiger partial charge on any atom is -0.486 e. The van der Waals surface area contributed by atoms with Crippen molar-refractivity contribution in [1.82, 2.24) is 9.88 Å². The molecular formula is C20H28N2O5. The molecule has 7 nitrogen and oxygen atoms in total. The number of carbonyl (C=O) groups excluding carboxylic acids is 2. The third kappa shape index (κ3) is 4.58. The van der Waals surface area contributed by atoms with Gasteiger partial charge in [-0.05, 0) is 50.7 Å². The number of hydrogen-bond donors (Lipinski definition) is 1. The molecule has 1 saturated heterocycles. The van der Waals surface area contributed by atoms with Crippen molar-refractivity contribution in [2.24, 2.45) is 11.8 Å². The number of ether oxygens (including phenoxy) is 2. The zero-order valence-electron chi connectivity index (χ0n) is 16.2. The van der Waals surface area contributed by atoms with E-state index < -0.39 is 6.10 Å². The number of rotatable bonds is 5. The molecule has 2 heterocycles. The van der Waals surface area contributed by atoms with Crippen molar-refractivity contribution in [3.05, 3.63) is 23.5 Å². The third-order valence-electron chi connectivity index (χ3n) is 5.66. The van der Waals surface area contributed by atoms with Gasteiger partial charge in [-0.3, -0.25) is 14.6 Å². The molecule has 0 spiro atoms. The number of likely N-dealkylation sites (tertiary alicyclic amines) is 1. The summed E-state index contributed by atoms with van der Waals surface area (Å²) in [7, 11) is 1.32. The number of methoxy groups -OCH3 is 1. The van der Waals surface area contributed by atoms with Crippen LogP contribution >= 0.6 is 0 Å². The van der Waals surface area contributed by atoms with Crippen LogP contribution < -0.4 is 4.74 Å². The lowest BCUT2D eigenvalue weighted by molar-refractivity contribution is -0.143. The van der Waals surface area contributed by atoms with Crippen LogP contribution in [0.1, 0.15) is 37.1 Å². The van der Waals surface area contributed by atoms with Crippen LogP contribution in [0, 0.1) is 25.7 Å². The monoisotopic (exact) mass is 376 g/mol. The lowest BCUT2D eigenvalue weighted by atomic mass is 9.78. The maximum atomic E-state index is 12.4. The second kappa shape index (κ2) is 8.25. The maximum absolute atomic E-state index is 12.4. The lowest BCUT2D eigenvalue weighted by Gasteiger charge is -2.35. The molecule has 27 heavy (non-hydrogen) atoms. The van der Waals surface area contributed by atoms with E-state index in [0.717, 1.165) is 11.4 Å². The Morgan fingerprint density at radius 1 is 1.19 bits per heavy atom. The third-order valence-corrected chi connectivity index (χ3v) is 5.66. The van der Waals surface area contributed by atoms with Crippen molar-refractivity contribution in [3.63, 3.8) is 0 Å².